The fourth-order valence-corrected chi connectivity index (χ4v) is 4.86. The lowest BCUT2D eigenvalue weighted by Crippen LogP contribution is -2.28. The molecule has 2 aromatic carbocycles. The molecule has 0 fully saturated rings. The molecule has 0 bridgehead atoms. The van der Waals surface area contributed by atoms with Crippen LogP contribution >= 0.6 is 11.8 Å². The molecule has 4 rings (SSSR count). The number of aryl methyl sites for hydroxylation is 1. The third-order valence-electron chi connectivity index (χ3n) is 5.87. The van der Waals surface area contributed by atoms with Crippen LogP contribution in [0.4, 0.5) is 0 Å². The van der Waals surface area contributed by atoms with Gasteiger partial charge < -0.3 is 19.1 Å². The van der Waals surface area contributed by atoms with Gasteiger partial charge in [0.25, 0.3) is 0 Å². The number of carbonyl (C=O) groups excluding carboxylic acids is 1. The molecule has 0 N–H and O–H groups in total. The van der Waals surface area contributed by atoms with Crippen LogP contribution < -0.4 is 14.2 Å². The number of aromatic nitrogens is 1. The van der Waals surface area contributed by atoms with Gasteiger partial charge in [-0.05, 0) is 49.4 Å². The fraction of sp³-hybridized carbons (Fsp3) is 0.296. The zero-order valence-electron chi connectivity index (χ0n) is 20.3. The second-order valence-corrected chi connectivity index (χ2v) is 9.30. The number of hydrogen-bond donors (Lipinski definition) is 0. The van der Waals surface area contributed by atoms with Crippen molar-refractivity contribution < 1.29 is 19.0 Å². The molecule has 0 spiro atoms. The van der Waals surface area contributed by atoms with Crippen molar-refractivity contribution in [2.75, 3.05) is 33.6 Å². The van der Waals surface area contributed by atoms with Crippen LogP contribution in [0.25, 0.3) is 11.1 Å². The van der Waals surface area contributed by atoms with Crippen molar-refractivity contribution in [1.82, 2.24) is 9.88 Å². The number of likely N-dealkylation sites (N-methyl/N-ethyl adjacent to an activating group) is 1. The molecule has 1 aliphatic rings. The van der Waals surface area contributed by atoms with Crippen LogP contribution in [0.2, 0.25) is 0 Å². The highest BCUT2D eigenvalue weighted by molar-refractivity contribution is 7.99. The van der Waals surface area contributed by atoms with Crippen LogP contribution in [0.3, 0.4) is 0 Å². The number of carbonyl (C=O) groups is 1. The first-order valence-electron chi connectivity index (χ1n) is 11.2. The third kappa shape index (κ3) is 5.42. The maximum absolute atomic E-state index is 12.5. The van der Waals surface area contributed by atoms with E-state index in [1.54, 1.807) is 26.4 Å². The Morgan fingerprint density at radius 3 is 2.57 bits per heavy atom. The van der Waals surface area contributed by atoms with Gasteiger partial charge in [-0.1, -0.05) is 35.5 Å². The second kappa shape index (κ2) is 10.8. The highest BCUT2D eigenvalue weighted by Crippen LogP contribution is 2.40. The van der Waals surface area contributed by atoms with Crippen molar-refractivity contribution >= 4 is 17.7 Å². The molecule has 0 aliphatic carbocycles. The summed E-state index contributed by atoms with van der Waals surface area (Å²) in [6.07, 6.45) is 0.763. The van der Waals surface area contributed by atoms with Gasteiger partial charge in [0.15, 0.2) is 11.5 Å². The lowest BCUT2D eigenvalue weighted by Gasteiger charge is -2.28. The van der Waals surface area contributed by atoms with Gasteiger partial charge >= 0.3 is 5.97 Å². The van der Waals surface area contributed by atoms with Crippen LogP contribution in [0.15, 0.2) is 47.5 Å². The Bertz CT molecular complexity index is 1290. The monoisotopic (exact) mass is 489 g/mol. The van der Waals surface area contributed by atoms with Crippen molar-refractivity contribution in [2.24, 2.45) is 0 Å². The molecule has 0 radical (unpaired) electrons. The summed E-state index contributed by atoms with van der Waals surface area (Å²) in [7, 11) is 5.23. The molecule has 0 unspecified atom stereocenters. The Morgan fingerprint density at radius 2 is 1.89 bits per heavy atom. The molecule has 1 aromatic heterocycles. The van der Waals surface area contributed by atoms with E-state index in [9.17, 15) is 10.1 Å². The topological polar surface area (TPSA) is 84.7 Å². The molecule has 0 amide bonds. The van der Waals surface area contributed by atoms with E-state index in [4.69, 9.17) is 19.2 Å². The molecule has 1 aliphatic heterocycles. The van der Waals surface area contributed by atoms with Crippen molar-refractivity contribution in [1.29, 1.82) is 5.26 Å². The minimum atomic E-state index is -0.394. The number of fused-ring (bicyclic) bond motifs is 1. The van der Waals surface area contributed by atoms with Gasteiger partial charge in [-0.15, -0.1) is 0 Å². The molecule has 7 nitrogen and oxygen atoms in total. The van der Waals surface area contributed by atoms with E-state index < -0.39 is 5.97 Å². The molecule has 3 aromatic rings. The van der Waals surface area contributed by atoms with Gasteiger partial charge in [-0.3, -0.25) is 4.79 Å². The number of methoxy groups -OCH3 is 2. The van der Waals surface area contributed by atoms with Gasteiger partial charge in [0, 0.05) is 30.8 Å². The molecule has 0 saturated heterocycles. The SMILES string of the molecule is COc1ccc(-c2c(C#N)c(SCC(=O)Oc3ccc(C)cc3)nc3c2CN(C)CC3)cc1OC. The van der Waals surface area contributed by atoms with Crippen LogP contribution in [-0.2, 0) is 17.8 Å². The molecular formula is C27H27N3O4S. The Kier molecular flexibility index (Phi) is 7.59. The summed E-state index contributed by atoms with van der Waals surface area (Å²) in [5, 5.41) is 10.7. The van der Waals surface area contributed by atoms with Crippen molar-refractivity contribution in [2.45, 2.75) is 24.9 Å². The number of hydrogen-bond acceptors (Lipinski definition) is 8. The Labute approximate surface area is 209 Å². The zero-order valence-corrected chi connectivity index (χ0v) is 21.1. The summed E-state index contributed by atoms with van der Waals surface area (Å²) in [5.41, 5.74) is 5.16. The summed E-state index contributed by atoms with van der Waals surface area (Å²) in [6, 6.07) is 15.3. The smallest absolute Gasteiger partial charge is 0.321 e. The first-order chi connectivity index (χ1) is 16.9. The van der Waals surface area contributed by atoms with Gasteiger partial charge in [-0.25, -0.2) is 4.98 Å². The van der Waals surface area contributed by atoms with E-state index in [1.165, 1.54) is 11.8 Å². The van der Waals surface area contributed by atoms with Crippen LogP contribution in [0, 0.1) is 18.3 Å². The largest absolute Gasteiger partial charge is 0.493 e. The van der Waals surface area contributed by atoms with E-state index in [0.29, 0.717) is 34.4 Å². The molecule has 2 heterocycles. The van der Waals surface area contributed by atoms with E-state index >= 15 is 0 Å². The zero-order chi connectivity index (χ0) is 24.9. The Hall–Kier alpha value is -3.54. The lowest BCUT2D eigenvalue weighted by molar-refractivity contribution is -0.131. The minimum absolute atomic E-state index is 0.0413. The van der Waals surface area contributed by atoms with E-state index in [0.717, 1.165) is 40.9 Å². The van der Waals surface area contributed by atoms with Gasteiger partial charge in [0.05, 0.1) is 25.5 Å². The predicted octanol–water partition coefficient (Wildman–Crippen LogP) is 4.63. The van der Waals surface area contributed by atoms with E-state index in [1.807, 2.05) is 37.3 Å². The number of pyridine rings is 1. The number of benzene rings is 2. The van der Waals surface area contributed by atoms with Crippen LogP contribution in [0.5, 0.6) is 17.2 Å². The van der Waals surface area contributed by atoms with Crippen LogP contribution in [0.1, 0.15) is 22.4 Å². The van der Waals surface area contributed by atoms with Gasteiger partial charge in [0.1, 0.15) is 16.8 Å². The maximum Gasteiger partial charge on any atom is 0.321 e. The Morgan fingerprint density at radius 1 is 1.14 bits per heavy atom. The van der Waals surface area contributed by atoms with Crippen LogP contribution in [-0.4, -0.2) is 49.4 Å². The van der Waals surface area contributed by atoms with Crippen molar-refractivity contribution in [3.05, 3.63) is 64.8 Å². The lowest BCUT2D eigenvalue weighted by atomic mass is 9.91. The third-order valence-corrected chi connectivity index (χ3v) is 6.82. The fourth-order valence-electron chi connectivity index (χ4n) is 4.08. The normalized spacial score (nSPS) is 13.0. The molecule has 35 heavy (non-hydrogen) atoms. The number of esters is 1. The van der Waals surface area contributed by atoms with Crippen molar-refractivity contribution in [3.63, 3.8) is 0 Å². The summed E-state index contributed by atoms with van der Waals surface area (Å²) >= 11 is 1.22. The second-order valence-electron chi connectivity index (χ2n) is 8.34. The number of nitrogens with zero attached hydrogens (tertiary/aromatic N) is 3. The standard InChI is InChI=1S/C27H27N3O4S/c1-17-5-8-19(9-6-17)34-25(31)16-35-27-20(14-28)26(21-15-30(2)12-11-22(21)29-27)18-7-10-23(32-3)24(13-18)33-4/h5-10,13H,11-12,15-16H2,1-4H3. The quantitative estimate of drug-likeness (QED) is 0.270. The summed E-state index contributed by atoms with van der Waals surface area (Å²) < 4.78 is 16.4. The first-order valence-corrected chi connectivity index (χ1v) is 12.2. The highest BCUT2D eigenvalue weighted by Gasteiger charge is 2.26. The molecule has 180 valence electrons. The highest BCUT2D eigenvalue weighted by atomic mass is 32.2. The summed E-state index contributed by atoms with van der Waals surface area (Å²) in [4.78, 5) is 19.6. The maximum atomic E-state index is 12.5. The van der Waals surface area contributed by atoms with E-state index in [-0.39, 0.29) is 5.75 Å². The average molecular weight is 490 g/mol. The number of rotatable bonds is 7. The van der Waals surface area contributed by atoms with E-state index in [2.05, 4.69) is 18.0 Å². The molecule has 0 saturated carbocycles. The number of thioether (sulfide) groups is 1. The predicted molar refractivity (Wildman–Crippen MR) is 135 cm³/mol. The van der Waals surface area contributed by atoms with Gasteiger partial charge in [-0.2, -0.15) is 5.26 Å². The minimum Gasteiger partial charge on any atom is -0.493 e. The summed E-state index contributed by atoms with van der Waals surface area (Å²) in [6.45, 7) is 3.53. The van der Waals surface area contributed by atoms with Crippen molar-refractivity contribution in [3.8, 4) is 34.4 Å². The molecular weight excluding hydrogens is 462 g/mol. The molecule has 0 atom stereocenters. The Balaban J connectivity index is 1.70. The first kappa shape index (κ1) is 24.6. The summed E-state index contributed by atoms with van der Waals surface area (Å²) in [5.74, 6) is 1.34. The number of ether oxygens (including phenoxy) is 3. The number of nitriles is 1. The van der Waals surface area contributed by atoms with Gasteiger partial charge in [0.2, 0.25) is 0 Å². The average Bonchev–Trinajstić information content (AvgIpc) is 2.87. The molecule has 8 heteroatoms.